The van der Waals surface area contributed by atoms with Gasteiger partial charge in [-0.05, 0) is 29.3 Å². The van der Waals surface area contributed by atoms with Crippen LogP contribution in [0.3, 0.4) is 0 Å². The molecule has 2 heteroatoms. The third kappa shape index (κ3) is 1.85. The lowest BCUT2D eigenvalue weighted by Gasteiger charge is -2.17. The monoisotopic (exact) mass is 296 g/mol. The van der Waals surface area contributed by atoms with Crippen LogP contribution in [0.5, 0.6) is 0 Å². The smallest absolute Gasteiger partial charge is 0.0712 e. The molecule has 2 nitrogen and oxygen atoms in total. The van der Waals surface area contributed by atoms with E-state index in [-0.39, 0.29) is 0 Å². The second-order valence-electron chi connectivity index (χ2n) is 6.08. The number of aromatic nitrogens is 1. The van der Waals surface area contributed by atoms with Crippen molar-refractivity contribution in [3.63, 3.8) is 0 Å². The molecule has 0 amide bonds. The molecule has 5 rings (SSSR count). The molecule has 0 fully saturated rings. The number of rotatable bonds is 1. The number of nitrogens with one attached hydrogen (secondary N) is 1. The highest BCUT2D eigenvalue weighted by molar-refractivity contribution is 5.99. The number of nitrogens with zero attached hydrogens (tertiary/aromatic N) is 1. The van der Waals surface area contributed by atoms with Gasteiger partial charge in [0, 0.05) is 28.9 Å². The van der Waals surface area contributed by atoms with E-state index in [1.54, 1.807) is 0 Å². The molecular formula is C21H16N2. The Bertz CT molecular complexity index is 982. The molecule has 1 aliphatic rings. The molecule has 1 N–H and O–H groups in total. The quantitative estimate of drug-likeness (QED) is 0.503. The van der Waals surface area contributed by atoms with E-state index >= 15 is 0 Å². The third-order valence-corrected chi connectivity index (χ3v) is 4.81. The fourth-order valence-corrected chi connectivity index (χ4v) is 3.79. The van der Waals surface area contributed by atoms with Crippen molar-refractivity contribution in [2.75, 3.05) is 11.9 Å². The zero-order valence-corrected chi connectivity index (χ0v) is 12.7. The first-order chi connectivity index (χ1) is 11.4. The van der Waals surface area contributed by atoms with E-state index < -0.39 is 0 Å². The van der Waals surface area contributed by atoms with Crippen molar-refractivity contribution >= 4 is 27.5 Å². The first-order valence-corrected chi connectivity index (χ1v) is 8.02. The van der Waals surface area contributed by atoms with Crippen molar-refractivity contribution in [1.29, 1.82) is 0 Å². The molecule has 0 aliphatic carbocycles. The Morgan fingerprint density at radius 3 is 2.09 bits per heavy atom. The summed E-state index contributed by atoms with van der Waals surface area (Å²) in [6.07, 6.45) is 0. The summed E-state index contributed by atoms with van der Waals surface area (Å²) in [5.41, 5.74) is 6.18. The summed E-state index contributed by atoms with van der Waals surface area (Å²) in [6, 6.07) is 25.6. The zero-order chi connectivity index (χ0) is 15.2. The Kier molecular flexibility index (Phi) is 2.65. The lowest BCUT2D eigenvalue weighted by atomic mass is 9.87. The lowest BCUT2D eigenvalue weighted by molar-refractivity contribution is 0.925. The van der Waals surface area contributed by atoms with Crippen LogP contribution < -0.4 is 5.32 Å². The largest absolute Gasteiger partial charge is 0.384 e. The second kappa shape index (κ2) is 4.82. The van der Waals surface area contributed by atoms with E-state index in [2.05, 4.69) is 78.1 Å². The van der Waals surface area contributed by atoms with Gasteiger partial charge in [-0.2, -0.15) is 0 Å². The van der Waals surface area contributed by atoms with Crippen LogP contribution in [0.1, 0.15) is 17.0 Å². The van der Waals surface area contributed by atoms with E-state index in [0.29, 0.717) is 5.92 Å². The predicted octanol–water partition coefficient (Wildman–Crippen LogP) is 4.95. The summed E-state index contributed by atoms with van der Waals surface area (Å²) in [6.45, 7) is 0.942. The number of anilines is 1. The maximum atomic E-state index is 4.85. The molecule has 0 saturated carbocycles. The molecule has 1 atom stereocenters. The Morgan fingerprint density at radius 2 is 1.35 bits per heavy atom. The number of fused-ring (bicyclic) bond motifs is 3. The number of para-hydroxylation sites is 3. The maximum Gasteiger partial charge on any atom is 0.0712 e. The van der Waals surface area contributed by atoms with E-state index in [4.69, 9.17) is 4.98 Å². The van der Waals surface area contributed by atoms with E-state index in [1.165, 1.54) is 27.6 Å². The van der Waals surface area contributed by atoms with Crippen LogP contribution in [0, 0.1) is 0 Å². The minimum atomic E-state index is 0.365. The van der Waals surface area contributed by atoms with Gasteiger partial charge in [-0.25, -0.2) is 4.98 Å². The van der Waals surface area contributed by atoms with Gasteiger partial charge in [0.25, 0.3) is 0 Å². The molecule has 110 valence electrons. The maximum absolute atomic E-state index is 4.85. The summed E-state index contributed by atoms with van der Waals surface area (Å²) in [7, 11) is 0. The molecule has 23 heavy (non-hydrogen) atoms. The molecule has 0 saturated heterocycles. The zero-order valence-electron chi connectivity index (χ0n) is 12.7. The number of benzene rings is 3. The van der Waals surface area contributed by atoms with Gasteiger partial charge >= 0.3 is 0 Å². The first-order valence-electron chi connectivity index (χ1n) is 8.02. The highest BCUT2D eigenvalue weighted by atomic mass is 14.9. The Balaban J connectivity index is 1.89. The summed E-state index contributed by atoms with van der Waals surface area (Å²) in [5.74, 6) is 0.365. The normalized spacial score (nSPS) is 16.4. The molecule has 2 heterocycles. The van der Waals surface area contributed by atoms with Crippen LogP contribution in [-0.2, 0) is 0 Å². The molecule has 0 spiro atoms. The van der Waals surface area contributed by atoms with Crippen LogP contribution in [0.2, 0.25) is 0 Å². The summed E-state index contributed by atoms with van der Waals surface area (Å²) in [5, 5.41) is 6.08. The fraction of sp³-hybridized carbons (Fsp3) is 0.0952. The van der Waals surface area contributed by atoms with Gasteiger partial charge in [0.1, 0.15) is 0 Å². The van der Waals surface area contributed by atoms with E-state index in [9.17, 15) is 0 Å². The summed E-state index contributed by atoms with van der Waals surface area (Å²) in [4.78, 5) is 4.85. The van der Waals surface area contributed by atoms with Gasteiger partial charge in [0.2, 0.25) is 0 Å². The molecule has 0 radical (unpaired) electrons. The van der Waals surface area contributed by atoms with Crippen LogP contribution in [0.15, 0.2) is 72.8 Å². The lowest BCUT2D eigenvalue weighted by Crippen LogP contribution is -2.06. The summed E-state index contributed by atoms with van der Waals surface area (Å²) >= 11 is 0. The van der Waals surface area contributed by atoms with E-state index in [1.807, 2.05) is 0 Å². The first kappa shape index (κ1) is 12.7. The van der Waals surface area contributed by atoms with Crippen LogP contribution in [0.4, 0.5) is 5.69 Å². The molecule has 1 aliphatic heterocycles. The van der Waals surface area contributed by atoms with Crippen molar-refractivity contribution in [3.8, 4) is 0 Å². The Labute approximate surface area is 134 Å². The number of hydrogen-bond acceptors (Lipinski definition) is 2. The number of pyridine rings is 1. The average molecular weight is 296 g/mol. The van der Waals surface area contributed by atoms with Gasteiger partial charge in [-0.15, -0.1) is 0 Å². The predicted molar refractivity (Wildman–Crippen MR) is 96.0 cm³/mol. The molecule has 3 aromatic carbocycles. The van der Waals surface area contributed by atoms with Gasteiger partial charge in [-0.1, -0.05) is 54.6 Å². The van der Waals surface area contributed by atoms with Crippen LogP contribution in [-0.4, -0.2) is 11.5 Å². The molecular weight excluding hydrogens is 280 g/mol. The highest BCUT2D eigenvalue weighted by Gasteiger charge is 2.26. The minimum absolute atomic E-state index is 0.365. The highest BCUT2D eigenvalue weighted by Crippen LogP contribution is 2.41. The topological polar surface area (TPSA) is 24.9 Å². The minimum Gasteiger partial charge on any atom is -0.384 e. The SMILES string of the molecule is c1ccc2c(c1)NCC2c1c2ccccc2nc2ccccc12. The average Bonchev–Trinajstić information content (AvgIpc) is 3.03. The van der Waals surface area contributed by atoms with Crippen LogP contribution in [0.25, 0.3) is 21.8 Å². The van der Waals surface area contributed by atoms with Crippen molar-refractivity contribution in [2.24, 2.45) is 0 Å². The Morgan fingerprint density at radius 1 is 0.739 bits per heavy atom. The Hall–Kier alpha value is -2.87. The third-order valence-electron chi connectivity index (χ3n) is 4.81. The molecule has 1 aromatic heterocycles. The molecule has 1 unspecified atom stereocenters. The standard InChI is InChI=1S/C21H16N2/c1-4-10-18-14(7-1)17(13-22-18)21-15-8-2-5-11-19(15)23-20-12-6-3-9-16(20)21/h1-12,17,22H,13H2. The van der Waals surface area contributed by atoms with Crippen molar-refractivity contribution in [1.82, 2.24) is 4.98 Å². The molecule has 4 aromatic rings. The number of hydrogen-bond donors (Lipinski definition) is 1. The fourth-order valence-electron chi connectivity index (χ4n) is 3.79. The van der Waals surface area contributed by atoms with E-state index in [0.717, 1.165) is 17.6 Å². The van der Waals surface area contributed by atoms with Crippen molar-refractivity contribution in [2.45, 2.75) is 5.92 Å². The van der Waals surface area contributed by atoms with Crippen molar-refractivity contribution in [3.05, 3.63) is 83.9 Å². The van der Waals surface area contributed by atoms with Gasteiger partial charge in [-0.3, -0.25) is 0 Å². The van der Waals surface area contributed by atoms with Gasteiger partial charge in [0.15, 0.2) is 0 Å². The van der Waals surface area contributed by atoms with Gasteiger partial charge < -0.3 is 5.32 Å². The second-order valence-corrected chi connectivity index (χ2v) is 6.08. The van der Waals surface area contributed by atoms with Crippen LogP contribution >= 0.6 is 0 Å². The van der Waals surface area contributed by atoms with Crippen molar-refractivity contribution < 1.29 is 0 Å². The molecule has 0 bridgehead atoms. The van der Waals surface area contributed by atoms with Gasteiger partial charge in [0.05, 0.1) is 11.0 Å². The summed E-state index contributed by atoms with van der Waals surface area (Å²) < 4.78 is 0.